The summed E-state index contributed by atoms with van der Waals surface area (Å²) in [7, 11) is 3.76. The molecular formula is C17H18FN9. The first-order valence-electron chi connectivity index (χ1n) is 8.27. The van der Waals surface area contributed by atoms with Crippen LogP contribution >= 0.6 is 0 Å². The van der Waals surface area contributed by atoms with Crippen LogP contribution in [0.5, 0.6) is 0 Å². The molecule has 4 heterocycles. The van der Waals surface area contributed by atoms with Crippen LogP contribution in [0, 0.1) is 5.82 Å². The van der Waals surface area contributed by atoms with Crippen LogP contribution in [0.1, 0.15) is 24.2 Å². The molecule has 9 nitrogen and oxygen atoms in total. The summed E-state index contributed by atoms with van der Waals surface area (Å²) in [5.74, 6) is 1.16. The third-order valence-corrected chi connectivity index (χ3v) is 4.31. The predicted molar refractivity (Wildman–Crippen MR) is 98.9 cm³/mol. The van der Waals surface area contributed by atoms with Gasteiger partial charge in [0, 0.05) is 32.4 Å². The average Bonchev–Trinajstić information content (AvgIpc) is 3.18. The predicted octanol–water partition coefficient (Wildman–Crippen LogP) is 2.11. The summed E-state index contributed by atoms with van der Waals surface area (Å²) in [5, 5.41) is 3.99. The van der Waals surface area contributed by atoms with Crippen molar-refractivity contribution in [2.75, 3.05) is 11.1 Å². The van der Waals surface area contributed by atoms with Crippen molar-refractivity contribution < 1.29 is 4.39 Å². The van der Waals surface area contributed by atoms with Gasteiger partial charge in [0.1, 0.15) is 23.1 Å². The Balaban J connectivity index is 1.86. The van der Waals surface area contributed by atoms with Crippen molar-refractivity contribution in [3.05, 3.63) is 48.3 Å². The van der Waals surface area contributed by atoms with Crippen molar-refractivity contribution >= 4 is 28.6 Å². The van der Waals surface area contributed by atoms with Gasteiger partial charge in [-0.3, -0.25) is 0 Å². The second-order valence-corrected chi connectivity index (χ2v) is 6.35. The minimum Gasteiger partial charge on any atom is -0.368 e. The number of nitrogens with one attached hydrogen (secondary N) is 1. The number of hydrogen-bond acceptors (Lipinski definition) is 7. The van der Waals surface area contributed by atoms with Crippen molar-refractivity contribution in [1.82, 2.24) is 34.1 Å². The van der Waals surface area contributed by atoms with E-state index in [0.29, 0.717) is 23.1 Å². The van der Waals surface area contributed by atoms with E-state index in [1.807, 2.05) is 42.5 Å². The van der Waals surface area contributed by atoms with Gasteiger partial charge in [0.15, 0.2) is 5.82 Å². The molecule has 0 unspecified atom stereocenters. The van der Waals surface area contributed by atoms with E-state index in [4.69, 9.17) is 5.73 Å². The lowest BCUT2D eigenvalue weighted by atomic mass is 10.0. The van der Waals surface area contributed by atoms with Gasteiger partial charge < -0.3 is 20.2 Å². The highest BCUT2D eigenvalue weighted by atomic mass is 19.1. The Labute approximate surface area is 154 Å². The van der Waals surface area contributed by atoms with Crippen LogP contribution in [0.4, 0.5) is 22.0 Å². The van der Waals surface area contributed by atoms with Gasteiger partial charge in [0.05, 0.1) is 24.1 Å². The summed E-state index contributed by atoms with van der Waals surface area (Å²) in [6.45, 7) is 1.95. The molecule has 0 aromatic carbocycles. The maximum atomic E-state index is 13.2. The number of nitrogens with zero attached hydrogens (tertiary/aromatic N) is 7. The van der Waals surface area contributed by atoms with E-state index in [0.717, 1.165) is 23.3 Å². The largest absolute Gasteiger partial charge is 0.368 e. The Morgan fingerprint density at radius 1 is 1.11 bits per heavy atom. The van der Waals surface area contributed by atoms with Crippen LogP contribution in [0.25, 0.3) is 11.0 Å². The first kappa shape index (κ1) is 16.9. The molecule has 3 N–H and O–H groups in total. The highest BCUT2D eigenvalue weighted by Gasteiger charge is 2.22. The maximum absolute atomic E-state index is 13.2. The molecule has 4 aromatic rings. The highest BCUT2D eigenvalue weighted by molar-refractivity contribution is 5.93. The van der Waals surface area contributed by atoms with Gasteiger partial charge in [-0.25, -0.2) is 19.3 Å². The summed E-state index contributed by atoms with van der Waals surface area (Å²) in [4.78, 5) is 21.2. The van der Waals surface area contributed by atoms with Gasteiger partial charge in [-0.15, -0.1) is 0 Å². The van der Waals surface area contributed by atoms with E-state index in [1.165, 1.54) is 0 Å². The number of aryl methyl sites for hydroxylation is 2. The van der Waals surface area contributed by atoms with Gasteiger partial charge in [-0.1, -0.05) is 6.92 Å². The van der Waals surface area contributed by atoms with Crippen molar-refractivity contribution in [2.45, 2.75) is 12.8 Å². The Hall–Kier alpha value is -3.56. The van der Waals surface area contributed by atoms with E-state index in [2.05, 4.69) is 30.2 Å². The normalized spacial score (nSPS) is 12.4. The number of nitrogens with two attached hydrogens (primary N) is 1. The molecule has 10 heteroatoms. The summed E-state index contributed by atoms with van der Waals surface area (Å²) in [6, 6.07) is 0. The SMILES string of the molecule is C[C@H](c1ncc(F)cn1)c1cn(C)c2nc(N)nc(Nc3cn(C)cn3)c12. The highest BCUT2D eigenvalue weighted by Crippen LogP contribution is 2.34. The lowest BCUT2D eigenvalue weighted by molar-refractivity contribution is 0.606. The molecular weight excluding hydrogens is 349 g/mol. The number of imidazole rings is 1. The quantitative estimate of drug-likeness (QED) is 0.568. The third-order valence-electron chi connectivity index (χ3n) is 4.31. The molecule has 0 spiro atoms. The number of aromatic nitrogens is 7. The van der Waals surface area contributed by atoms with Crippen LogP contribution in [0.2, 0.25) is 0 Å². The zero-order chi connectivity index (χ0) is 19.1. The van der Waals surface area contributed by atoms with Crippen molar-refractivity contribution in [2.24, 2.45) is 14.1 Å². The number of hydrogen-bond donors (Lipinski definition) is 2. The number of halogens is 1. The van der Waals surface area contributed by atoms with E-state index in [-0.39, 0.29) is 11.9 Å². The second kappa shape index (κ2) is 6.31. The summed E-state index contributed by atoms with van der Waals surface area (Å²) in [6.07, 6.45) is 7.76. The summed E-state index contributed by atoms with van der Waals surface area (Å²) in [5.41, 5.74) is 7.47. The summed E-state index contributed by atoms with van der Waals surface area (Å²) < 4.78 is 16.9. The molecule has 0 bridgehead atoms. The number of anilines is 3. The molecule has 4 aromatic heterocycles. The minimum absolute atomic E-state index is 0.152. The van der Waals surface area contributed by atoms with Crippen molar-refractivity contribution in [1.29, 1.82) is 0 Å². The van der Waals surface area contributed by atoms with Crippen LogP contribution in [0.3, 0.4) is 0 Å². The Bertz CT molecular complexity index is 1110. The summed E-state index contributed by atoms with van der Waals surface area (Å²) >= 11 is 0. The number of fused-ring (bicyclic) bond motifs is 1. The van der Waals surface area contributed by atoms with Gasteiger partial charge in [0.25, 0.3) is 0 Å². The van der Waals surface area contributed by atoms with E-state index < -0.39 is 5.82 Å². The third kappa shape index (κ3) is 3.05. The lowest BCUT2D eigenvalue weighted by Crippen LogP contribution is -2.05. The monoisotopic (exact) mass is 367 g/mol. The average molecular weight is 367 g/mol. The number of nitrogen functional groups attached to an aromatic ring is 1. The van der Waals surface area contributed by atoms with E-state index in [9.17, 15) is 4.39 Å². The molecule has 1 atom stereocenters. The van der Waals surface area contributed by atoms with Gasteiger partial charge in [-0.2, -0.15) is 9.97 Å². The molecule has 0 amide bonds. The minimum atomic E-state index is -0.475. The fraction of sp³-hybridized carbons (Fsp3) is 0.235. The fourth-order valence-electron chi connectivity index (χ4n) is 3.02. The van der Waals surface area contributed by atoms with Gasteiger partial charge >= 0.3 is 0 Å². The first-order chi connectivity index (χ1) is 12.9. The van der Waals surface area contributed by atoms with Crippen LogP contribution in [-0.2, 0) is 14.1 Å². The Morgan fingerprint density at radius 2 is 1.85 bits per heavy atom. The lowest BCUT2D eigenvalue weighted by Gasteiger charge is -2.11. The molecule has 0 aliphatic carbocycles. The fourth-order valence-corrected chi connectivity index (χ4v) is 3.02. The molecule has 0 saturated carbocycles. The second-order valence-electron chi connectivity index (χ2n) is 6.35. The molecule has 0 aliphatic heterocycles. The molecule has 0 aliphatic rings. The van der Waals surface area contributed by atoms with Crippen LogP contribution in [0.15, 0.2) is 31.1 Å². The number of rotatable bonds is 4. The van der Waals surface area contributed by atoms with E-state index >= 15 is 0 Å². The van der Waals surface area contributed by atoms with Gasteiger partial charge in [-0.05, 0) is 5.56 Å². The molecule has 27 heavy (non-hydrogen) atoms. The van der Waals surface area contributed by atoms with Crippen LogP contribution < -0.4 is 11.1 Å². The molecule has 4 rings (SSSR count). The molecule has 0 saturated heterocycles. The zero-order valence-corrected chi connectivity index (χ0v) is 15.0. The Morgan fingerprint density at radius 3 is 2.52 bits per heavy atom. The van der Waals surface area contributed by atoms with Crippen molar-refractivity contribution in [3.8, 4) is 0 Å². The van der Waals surface area contributed by atoms with Gasteiger partial charge in [0.2, 0.25) is 5.95 Å². The van der Waals surface area contributed by atoms with Crippen molar-refractivity contribution in [3.63, 3.8) is 0 Å². The standard InChI is InChI=1S/C17H18FN9/c1-9(14-20-4-10(18)5-21-14)11-6-27(3)16-13(11)15(24-17(19)25-16)23-12-7-26(2)8-22-12/h4-9H,1-3H3,(H3,19,23,24,25)/t9-/m0/s1. The zero-order valence-electron chi connectivity index (χ0n) is 15.0. The smallest absolute Gasteiger partial charge is 0.224 e. The van der Waals surface area contributed by atoms with Crippen LogP contribution in [-0.4, -0.2) is 34.1 Å². The maximum Gasteiger partial charge on any atom is 0.224 e. The topological polar surface area (TPSA) is 112 Å². The first-order valence-corrected chi connectivity index (χ1v) is 8.27. The van der Waals surface area contributed by atoms with E-state index in [1.54, 1.807) is 6.33 Å². The molecule has 138 valence electrons. The molecule has 0 radical (unpaired) electrons. The Kier molecular flexibility index (Phi) is 3.94. The molecule has 0 fully saturated rings.